The molecule has 0 aliphatic rings. The molecule has 0 spiro atoms. The molecule has 4 heteroatoms. The van der Waals surface area contributed by atoms with Gasteiger partial charge in [0.15, 0.2) is 0 Å². The van der Waals surface area contributed by atoms with Gasteiger partial charge in [0.25, 0.3) is 0 Å². The Bertz CT molecular complexity index is 205. The fraction of sp³-hybridized carbons (Fsp3) is 0.333. The minimum atomic E-state index is 0. The van der Waals surface area contributed by atoms with Crippen LogP contribution < -0.4 is 0 Å². The van der Waals surface area contributed by atoms with E-state index in [-0.39, 0.29) is 119 Å². The van der Waals surface area contributed by atoms with Crippen LogP contribution in [0.2, 0.25) is 0 Å². The molecule has 0 nitrogen and oxygen atoms in total. The summed E-state index contributed by atoms with van der Waals surface area (Å²) in [7, 11) is 0. The Morgan fingerprint density at radius 1 is 1.19 bits per heavy atom. The largest absolute Gasteiger partial charge is 0.343 e. The molecule has 0 aromatic heterocycles. The molecule has 0 aliphatic heterocycles. The van der Waals surface area contributed by atoms with Crippen LogP contribution in [-0.4, -0.2) is 0 Å². The van der Waals surface area contributed by atoms with Crippen molar-refractivity contribution in [3.05, 3.63) is 49.2 Å². The second-order valence-corrected chi connectivity index (χ2v) is 2.88. The van der Waals surface area contributed by atoms with Crippen molar-refractivity contribution in [2.75, 3.05) is 0 Å². The number of unbranched alkanes of at least 4 members (excludes halogenated alkanes) is 3. The van der Waals surface area contributed by atoms with Crippen LogP contribution in [0.4, 0.5) is 0 Å². The standard InChI is InChI=1S/C12H15.W.3Y/c1-2-3-4-6-9-12-10-7-5-8-11-12;;;;/h5-8,10H,1-4,9H2;;;;/q-3;;;;. The van der Waals surface area contributed by atoms with Crippen molar-refractivity contribution in [3.8, 4) is 0 Å². The molecule has 16 heavy (non-hydrogen) atoms. The average Bonchev–Trinajstić information content (AvgIpc) is 2.14. The first-order valence-electron chi connectivity index (χ1n) is 4.50. The third-order valence-corrected chi connectivity index (χ3v) is 1.80. The van der Waals surface area contributed by atoms with Gasteiger partial charge in [0, 0.05) is 119 Å². The molecule has 0 saturated carbocycles. The van der Waals surface area contributed by atoms with E-state index in [1.54, 1.807) is 0 Å². The smallest absolute Gasteiger partial charge is 0 e. The quantitative estimate of drug-likeness (QED) is 0.356. The average molecular weight is 610 g/mol. The summed E-state index contributed by atoms with van der Waals surface area (Å²) < 4.78 is 0. The van der Waals surface area contributed by atoms with Crippen LogP contribution in [0.3, 0.4) is 0 Å². The SMILES string of the molecule is [CH2-]CCC[CH-]Cc1[c-]cccc1.[W].[Y].[Y].[Y]. The Labute approximate surface area is 190 Å². The van der Waals surface area contributed by atoms with E-state index in [2.05, 4.69) is 31.5 Å². The summed E-state index contributed by atoms with van der Waals surface area (Å²) in [6, 6.07) is 11.3. The Kier molecular flexibility index (Phi) is 35.4. The molecule has 1 aromatic carbocycles. The van der Waals surface area contributed by atoms with Crippen molar-refractivity contribution in [1.29, 1.82) is 0 Å². The van der Waals surface area contributed by atoms with Gasteiger partial charge in [-0.25, -0.2) is 0 Å². The maximum atomic E-state index is 3.80. The predicted molar refractivity (Wildman–Crippen MR) is 52.5 cm³/mol. The molecule has 0 fully saturated rings. The Morgan fingerprint density at radius 3 is 2.38 bits per heavy atom. The van der Waals surface area contributed by atoms with Crippen molar-refractivity contribution in [2.45, 2.75) is 25.7 Å². The summed E-state index contributed by atoms with van der Waals surface area (Å²) in [5.74, 6) is 0. The van der Waals surface area contributed by atoms with Crippen LogP contribution >= 0.6 is 0 Å². The van der Waals surface area contributed by atoms with Gasteiger partial charge in [0.1, 0.15) is 0 Å². The maximum Gasteiger partial charge on any atom is 0 e. The van der Waals surface area contributed by atoms with E-state index < -0.39 is 0 Å². The Balaban J connectivity index is -0.000000180. The zero-order chi connectivity index (χ0) is 8.65. The van der Waals surface area contributed by atoms with Crippen molar-refractivity contribution in [3.63, 3.8) is 0 Å². The fourth-order valence-corrected chi connectivity index (χ4v) is 1.10. The van der Waals surface area contributed by atoms with E-state index in [0.29, 0.717) is 0 Å². The summed E-state index contributed by atoms with van der Waals surface area (Å²) in [6.45, 7) is 3.80. The van der Waals surface area contributed by atoms with E-state index in [4.69, 9.17) is 0 Å². The fourth-order valence-electron chi connectivity index (χ4n) is 1.10. The summed E-state index contributed by atoms with van der Waals surface area (Å²) in [5.41, 5.74) is 1.28. The minimum Gasteiger partial charge on any atom is -0.343 e. The molecule has 0 N–H and O–H groups in total. The monoisotopic (exact) mass is 610 g/mol. The van der Waals surface area contributed by atoms with Crippen LogP contribution in [0, 0.1) is 19.4 Å². The molecule has 1 aromatic rings. The second-order valence-electron chi connectivity index (χ2n) is 2.88. The molecule has 0 unspecified atom stereocenters. The first kappa shape index (κ1) is 27.5. The van der Waals surface area contributed by atoms with Crippen LogP contribution in [0.25, 0.3) is 0 Å². The second kappa shape index (κ2) is 20.5. The first-order chi connectivity index (χ1) is 5.93. The molecule has 3 radical (unpaired) electrons. The number of hydrogen-bond acceptors (Lipinski definition) is 0. The van der Waals surface area contributed by atoms with Gasteiger partial charge < -0.3 is 13.3 Å². The number of rotatable bonds is 5. The minimum absolute atomic E-state index is 0. The van der Waals surface area contributed by atoms with Gasteiger partial charge in [-0.2, -0.15) is 55.2 Å². The Morgan fingerprint density at radius 2 is 1.88 bits per heavy atom. The zero-order valence-electron chi connectivity index (χ0n) is 9.56. The molecule has 0 heterocycles. The first-order valence-corrected chi connectivity index (χ1v) is 4.50. The normalized spacial score (nSPS) is 7.56. The molecule has 81 valence electrons. The molecule has 1 rings (SSSR count). The van der Waals surface area contributed by atoms with E-state index >= 15 is 0 Å². The van der Waals surface area contributed by atoms with Gasteiger partial charge >= 0.3 is 0 Å². The van der Waals surface area contributed by atoms with Crippen LogP contribution in [-0.2, 0) is 126 Å². The molecule has 0 aliphatic carbocycles. The molecular formula is C12H15WY3-3. The maximum absolute atomic E-state index is 3.80. The predicted octanol–water partition coefficient (Wildman–Crippen LogP) is 3.23. The summed E-state index contributed by atoms with van der Waals surface area (Å²) in [4.78, 5) is 0. The zero-order valence-corrected chi connectivity index (χ0v) is 21.0. The molecule has 0 amide bonds. The van der Waals surface area contributed by atoms with Crippen LogP contribution in [0.15, 0.2) is 24.3 Å². The van der Waals surface area contributed by atoms with Crippen molar-refractivity contribution in [1.82, 2.24) is 0 Å². The molecule has 0 saturated heterocycles. The summed E-state index contributed by atoms with van der Waals surface area (Å²) in [5, 5.41) is 0. The van der Waals surface area contributed by atoms with Gasteiger partial charge in [-0.05, 0) is 0 Å². The summed E-state index contributed by atoms with van der Waals surface area (Å²) >= 11 is 0. The van der Waals surface area contributed by atoms with E-state index in [1.807, 2.05) is 12.1 Å². The van der Waals surface area contributed by atoms with Crippen LogP contribution in [0.5, 0.6) is 0 Å². The van der Waals surface area contributed by atoms with Gasteiger partial charge in [-0.3, -0.25) is 0 Å². The van der Waals surface area contributed by atoms with Crippen LogP contribution in [0.1, 0.15) is 24.8 Å². The number of benzene rings is 1. The van der Waals surface area contributed by atoms with Gasteiger partial charge in [-0.1, -0.05) is 0 Å². The molecule has 0 bridgehead atoms. The van der Waals surface area contributed by atoms with Crippen molar-refractivity contribution in [2.24, 2.45) is 0 Å². The van der Waals surface area contributed by atoms with E-state index in [1.165, 1.54) is 18.4 Å². The summed E-state index contributed by atoms with van der Waals surface area (Å²) in [6.07, 6.45) is 6.76. The van der Waals surface area contributed by atoms with Gasteiger partial charge in [-0.15, -0.1) is 6.42 Å². The number of hydrogen-bond donors (Lipinski definition) is 0. The van der Waals surface area contributed by atoms with Crippen molar-refractivity contribution < 1.29 is 119 Å². The van der Waals surface area contributed by atoms with Gasteiger partial charge in [0.05, 0.1) is 0 Å². The topological polar surface area (TPSA) is 0 Å². The van der Waals surface area contributed by atoms with E-state index in [0.717, 1.165) is 12.8 Å². The van der Waals surface area contributed by atoms with E-state index in [9.17, 15) is 0 Å². The Hall–Kier alpha value is 3.22. The molecular weight excluding hydrogens is 595 g/mol. The third-order valence-electron chi connectivity index (χ3n) is 1.80. The van der Waals surface area contributed by atoms with Gasteiger partial charge in [0.2, 0.25) is 0 Å². The van der Waals surface area contributed by atoms with Crippen molar-refractivity contribution >= 4 is 0 Å². The molecule has 0 atom stereocenters. The third kappa shape index (κ3) is 15.3.